The minimum atomic E-state index is -0.411. The molecular formula is C19H21BrN6O3S. The summed E-state index contributed by atoms with van der Waals surface area (Å²) in [5.41, 5.74) is 6.08. The number of hydrazine groups is 1. The molecule has 11 heteroatoms. The molecule has 2 amide bonds. The predicted octanol–water partition coefficient (Wildman–Crippen LogP) is 2.96. The van der Waals surface area contributed by atoms with E-state index in [0.717, 1.165) is 15.8 Å². The van der Waals surface area contributed by atoms with E-state index in [1.165, 1.54) is 0 Å². The van der Waals surface area contributed by atoms with E-state index in [4.69, 9.17) is 17.0 Å². The maximum atomic E-state index is 12.2. The summed E-state index contributed by atoms with van der Waals surface area (Å²) in [5.74, 6) is 0.625. The zero-order valence-corrected chi connectivity index (χ0v) is 18.8. The first-order chi connectivity index (χ1) is 14.4. The second-order valence-electron chi connectivity index (χ2n) is 6.37. The molecule has 2 heterocycles. The number of H-pyrrole nitrogens is 1. The Hall–Kier alpha value is -2.92. The Bertz CT molecular complexity index is 1100. The summed E-state index contributed by atoms with van der Waals surface area (Å²) >= 11 is 8.60. The standard InChI is InChI=1S/C19H21BrN6O3S/c1-3-29-14-6-4-12(5-7-14)17-22-24-19(30)26(17)9-8-16(27)21-23-18(28)15-10-13(20)11-25(15)2/h4-7,10-11H,3,8-9H2,1-2H3,(H,21,27)(H,23,28)(H,24,30). The van der Waals surface area contributed by atoms with Crippen molar-refractivity contribution < 1.29 is 14.3 Å². The third-order valence-corrected chi connectivity index (χ3v) is 5.01. The Morgan fingerprint density at radius 2 is 2.00 bits per heavy atom. The van der Waals surface area contributed by atoms with Gasteiger partial charge in [-0.3, -0.25) is 30.1 Å². The summed E-state index contributed by atoms with van der Waals surface area (Å²) in [6.07, 6.45) is 1.86. The number of aryl methyl sites for hydroxylation is 1. The molecule has 0 saturated carbocycles. The van der Waals surface area contributed by atoms with Gasteiger partial charge in [-0.15, -0.1) is 0 Å². The second-order valence-corrected chi connectivity index (χ2v) is 7.67. The molecule has 0 aliphatic rings. The topological polar surface area (TPSA) is 106 Å². The van der Waals surface area contributed by atoms with Crippen molar-refractivity contribution in [2.24, 2.45) is 7.05 Å². The quantitative estimate of drug-likeness (QED) is 0.347. The first kappa shape index (κ1) is 21.8. The van der Waals surface area contributed by atoms with E-state index in [9.17, 15) is 9.59 Å². The number of carbonyl (C=O) groups excluding carboxylic acids is 2. The van der Waals surface area contributed by atoms with E-state index in [2.05, 4.69) is 37.0 Å². The second kappa shape index (κ2) is 9.72. The van der Waals surface area contributed by atoms with Crippen LogP contribution in [0.3, 0.4) is 0 Å². The molecule has 0 unspecified atom stereocenters. The molecule has 9 nitrogen and oxygen atoms in total. The minimum Gasteiger partial charge on any atom is -0.494 e. The van der Waals surface area contributed by atoms with Crippen molar-refractivity contribution in [1.82, 2.24) is 30.2 Å². The monoisotopic (exact) mass is 492 g/mol. The summed E-state index contributed by atoms with van der Waals surface area (Å²) < 4.78 is 10.0. The van der Waals surface area contributed by atoms with E-state index < -0.39 is 5.91 Å². The Kier molecular flexibility index (Phi) is 7.06. The molecule has 0 aliphatic carbocycles. The van der Waals surface area contributed by atoms with Crippen molar-refractivity contribution >= 4 is 40.0 Å². The molecule has 3 N–H and O–H groups in total. The van der Waals surface area contributed by atoms with Crippen LogP contribution < -0.4 is 15.6 Å². The molecule has 2 aromatic heterocycles. The molecule has 0 saturated heterocycles. The van der Waals surface area contributed by atoms with Gasteiger partial charge in [-0.05, 0) is 65.4 Å². The zero-order valence-electron chi connectivity index (χ0n) is 16.4. The van der Waals surface area contributed by atoms with Crippen LogP contribution in [0.2, 0.25) is 0 Å². The molecule has 0 atom stereocenters. The highest BCUT2D eigenvalue weighted by molar-refractivity contribution is 9.10. The van der Waals surface area contributed by atoms with E-state index in [0.29, 0.717) is 29.4 Å². The molecule has 0 fully saturated rings. The normalized spacial score (nSPS) is 10.6. The molecule has 30 heavy (non-hydrogen) atoms. The van der Waals surface area contributed by atoms with Crippen molar-refractivity contribution in [2.45, 2.75) is 19.9 Å². The number of aromatic nitrogens is 4. The Balaban J connectivity index is 1.60. The average molecular weight is 493 g/mol. The Morgan fingerprint density at radius 1 is 1.27 bits per heavy atom. The van der Waals surface area contributed by atoms with Gasteiger partial charge in [-0.25, -0.2) is 0 Å². The highest BCUT2D eigenvalue weighted by atomic mass is 79.9. The van der Waals surface area contributed by atoms with Gasteiger partial charge in [0.2, 0.25) is 5.91 Å². The highest BCUT2D eigenvalue weighted by Gasteiger charge is 2.14. The Labute approximate surface area is 186 Å². The van der Waals surface area contributed by atoms with Crippen LogP contribution in [0, 0.1) is 4.77 Å². The number of carbonyl (C=O) groups is 2. The molecular weight excluding hydrogens is 472 g/mol. The van der Waals surface area contributed by atoms with Crippen LogP contribution in [0.25, 0.3) is 11.4 Å². The molecule has 1 aromatic carbocycles. The lowest BCUT2D eigenvalue weighted by Gasteiger charge is -2.10. The Morgan fingerprint density at radius 3 is 2.63 bits per heavy atom. The van der Waals surface area contributed by atoms with Gasteiger partial charge in [-0.2, -0.15) is 5.10 Å². The van der Waals surface area contributed by atoms with Crippen molar-refractivity contribution in [3.63, 3.8) is 0 Å². The summed E-state index contributed by atoms with van der Waals surface area (Å²) in [5, 5.41) is 7.02. The third kappa shape index (κ3) is 5.16. The number of amides is 2. The number of hydrogen-bond donors (Lipinski definition) is 3. The van der Waals surface area contributed by atoms with E-state index in [1.54, 1.807) is 28.4 Å². The van der Waals surface area contributed by atoms with E-state index in [-0.39, 0.29) is 12.3 Å². The van der Waals surface area contributed by atoms with Gasteiger partial charge in [-0.1, -0.05) is 0 Å². The molecule has 158 valence electrons. The van der Waals surface area contributed by atoms with Crippen molar-refractivity contribution in [3.8, 4) is 17.1 Å². The van der Waals surface area contributed by atoms with E-state index in [1.807, 2.05) is 31.2 Å². The molecule has 3 rings (SSSR count). The third-order valence-electron chi connectivity index (χ3n) is 4.26. The number of aromatic amines is 1. The molecule has 0 radical (unpaired) electrons. The first-order valence-electron chi connectivity index (χ1n) is 9.18. The van der Waals surface area contributed by atoms with Crippen LogP contribution in [0.1, 0.15) is 23.8 Å². The summed E-state index contributed by atoms with van der Waals surface area (Å²) in [6, 6.07) is 9.13. The van der Waals surface area contributed by atoms with Crippen molar-refractivity contribution in [3.05, 3.63) is 51.5 Å². The van der Waals surface area contributed by atoms with Crippen LogP contribution in [-0.2, 0) is 18.4 Å². The first-order valence-corrected chi connectivity index (χ1v) is 10.4. The predicted molar refractivity (Wildman–Crippen MR) is 117 cm³/mol. The number of benzene rings is 1. The molecule has 0 aliphatic heterocycles. The van der Waals surface area contributed by atoms with Gasteiger partial charge >= 0.3 is 0 Å². The molecule has 0 bridgehead atoms. The summed E-state index contributed by atoms with van der Waals surface area (Å²) in [4.78, 5) is 24.4. The van der Waals surface area contributed by atoms with Crippen LogP contribution in [0.15, 0.2) is 41.0 Å². The van der Waals surface area contributed by atoms with Crippen LogP contribution >= 0.6 is 28.1 Å². The minimum absolute atomic E-state index is 0.106. The number of nitrogens with one attached hydrogen (secondary N) is 3. The van der Waals surface area contributed by atoms with Gasteiger partial charge in [0.1, 0.15) is 11.4 Å². The van der Waals surface area contributed by atoms with Crippen LogP contribution in [0.4, 0.5) is 0 Å². The van der Waals surface area contributed by atoms with Gasteiger partial charge in [0.15, 0.2) is 10.6 Å². The molecule has 0 spiro atoms. The van der Waals surface area contributed by atoms with Crippen LogP contribution in [0.5, 0.6) is 5.75 Å². The smallest absolute Gasteiger partial charge is 0.286 e. The average Bonchev–Trinajstić information content (AvgIpc) is 3.26. The van der Waals surface area contributed by atoms with Gasteiger partial charge in [0.05, 0.1) is 6.61 Å². The lowest BCUT2D eigenvalue weighted by Crippen LogP contribution is -2.42. The highest BCUT2D eigenvalue weighted by Crippen LogP contribution is 2.21. The largest absolute Gasteiger partial charge is 0.494 e. The SMILES string of the molecule is CCOc1ccc(-c2n[nH]c(=S)n2CCC(=O)NNC(=O)c2cc(Br)cn2C)cc1. The van der Waals surface area contributed by atoms with Gasteiger partial charge < -0.3 is 9.30 Å². The fourth-order valence-corrected chi connectivity index (χ4v) is 3.58. The van der Waals surface area contributed by atoms with Gasteiger partial charge in [0, 0.05) is 36.2 Å². The van der Waals surface area contributed by atoms with Gasteiger partial charge in [0.25, 0.3) is 5.91 Å². The van der Waals surface area contributed by atoms with Crippen molar-refractivity contribution in [1.29, 1.82) is 0 Å². The number of rotatable bonds is 7. The number of halogens is 1. The number of hydrogen-bond acceptors (Lipinski definition) is 5. The summed E-state index contributed by atoms with van der Waals surface area (Å²) in [6.45, 7) is 2.81. The summed E-state index contributed by atoms with van der Waals surface area (Å²) in [7, 11) is 1.74. The number of nitrogens with zero attached hydrogens (tertiary/aromatic N) is 3. The fourth-order valence-electron chi connectivity index (χ4n) is 2.83. The zero-order chi connectivity index (χ0) is 21.7. The number of ether oxygens (including phenoxy) is 1. The maximum Gasteiger partial charge on any atom is 0.286 e. The van der Waals surface area contributed by atoms with E-state index >= 15 is 0 Å². The molecule has 3 aromatic rings. The fraction of sp³-hybridized carbons (Fsp3) is 0.263. The van der Waals surface area contributed by atoms with Crippen molar-refractivity contribution in [2.75, 3.05) is 6.61 Å². The lowest BCUT2D eigenvalue weighted by atomic mass is 10.2. The maximum absolute atomic E-state index is 12.2. The van der Waals surface area contributed by atoms with Crippen LogP contribution in [-0.4, -0.2) is 37.8 Å². The lowest BCUT2D eigenvalue weighted by molar-refractivity contribution is -0.122.